The summed E-state index contributed by atoms with van der Waals surface area (Å²) in [5.41, 5.74) is 8.19. The molecule has 0 amide bonds. The van der Waals surface area contributed by atoms with Gasteiger partial charge in [-0.25, -0.2) is 9.50 Å². The van der Waals surface area contributed by atoms with Crippen molar-refractivity contribution in [1.29, 1.82) is 0 Å². The molecule has 2 aromatic heterocycles. The van der Waals surface area contributed by atoms with Gasteiger partial charge in [-0.1, -0.05) is 33.1 Å². The first-order valence-electron chi connectivity index (χ1n) is 7.83. The second kappa shape index (κ2) is 5.64. The minimum absolute atomic E-state index is 0.201. The molecule has 5 nitrogen and oxygen atoms in total. The summed E-state index contributed by atoms with van der Waals surface area (Å²) in [5, 5.41) is 4.55. The van der Waals surface area contributed by atoms with Crippen LogP contribution in [0.5, 0.6) is 5.88 Å². The van der Waals surface area contributed by atoms with Crippen molar-refractivity contribution in [2.24, 2.45) is 5.73 Å². The fourth-order valence-corrected chi connectivity index (χ4v) is 2.92. The maximum atomic E-state index is 6.43. The first kappa shape index (κ1) is 14.3. The van der Waals surface area contributed by atoms with E-state index in [2.05, 4.69) is 30.0 Å². The van der Waals surface area contributed by atoms with Crippen molar-refractivity contribution in [2.75, 3.05) is 6.61 Å². The van der Waals surface area contributed by atoms with Crippen LogP contribution in [0.15, 0.2) is 18.5 Å². The van der Waals surface area contributed by atoms with Gasteiger partial charge >= 0.3 is 0 Å². The minimum Gasteiger partial charge on any atom is -0.474 e. The summed E-state index contributed by atoms with van der Waals surface area (Å²) < 4.78 is 7.79. The molecule has 0 bridgehead atoms. The van der Waals surface area contributed by atoms with Crippen molar-refractivity contribution in [3.63, 3.8) is 0 Å². The van der Waals surface area contributed by atoms with Crippen LogP contribution in [0.2, 0.25) is 0 Å². The van der Waals surface area contributed by atoms with Crippen LogP contribution >= 0.6 is 0 Å². The highest BCUT2D eigenvalue weighted by molar-refractivity contribution is 5.56. The maximum Gasteiger partial charge on any atom is 0.240 e. The topological polar surface area (TPSA) is 65.4 Å². The quantitative estimate of drug-likeness (QED) is 0.939. The Kier molecular flexibility index (Phi) is 3.85. The predicted molar refractivity (Wildman–Crippen MR) is 82.6 cm³/mol. The first-order chi connectivity index (χ1) is 10.1. The largest absolute Gasteiger partial charge is 0.474 e. The van der Waals surface area contributed by atoms with Gasteiger partial charge in [0.05, 0.1) is 11.2 Å². The summed E-state index contributed by atoms with van der Waals surface area (Å²) in [7, 11) is 0. The predicted octanol–water partition coefficient (Wildman–Crippen LogP) is 2.89. The Hall–Kier alpha value is -1.62. The van der Waals surface area contributed by atoms with Crippen LogP contribution in [0.25, 0.3) is 5.52 Å². The van der Waals surface area contributed by atoms with Crippen molar-refractivity contribution in [3.05, 3.63) is 24.2 Å². The van der Waals surface area contributed by atoms with Crippen LogP contribution < -0.4 is 10.5 Å². The van der Waals surface area contributed by atoms with Crippen molar-refractivity contribution >= 4 is 5.52 Å². The molecule has 0 unspecified atom stereocenters. The number of nitrogens with two attached hydrogens (primary N) is 1. The fourth-order valence-electron chi connectivity index (χ4n) is 2.92. The Morgan fingerprint density at radius 1 is 1.33 bits per heavy atom. The van der Waals surface area contributed by atoms with E-state index < -0.39 is 0 Å². The summed E-state index contributed by atoms with van der Waals surface area (Å²) in [6.45, 7) is 4.79. The zero-order valence-corrected chi connectivity index (χ0v) is 12.9. The molecule has 2 N–H and O–H groups in total. The van der Waals surface area contributed by atoms with E-state index >= 15 is 0 Å². The molecular formula is C16H24N4O. The van der Waals surface area contributed by atoms with E-state index in [-0.39, 0.29) is 5.54 Å². The molecule has 1 fully saturated rings. The van der Waals surface area contributed by atoms with E-state index in [0.717, 1.165) is 24.1 Å². The number of aromatic nitrogens is 3. The van der Waals surface area contributed by atoms with Crippen LogP contribution in [0.1, 0.15) is 57.6 Å². The maximum absolute atomic E-state index is 6.43. The zero-order valence-electron chi connectivity index (χ0n) is 12.9. The molecule has 0 aromatic carbocycles. The van der Waals surface area contributed by atoms with Gasteiger partial charge in [0, 0.05) is 12.4 Å². The van der Waals surface area contributed by atoms with Crippen molar-refractivity contribution in [2.45, 2.75) is 57.4 Å². The average Bonchev–Trinajstić information content (AvgIpc) is 2.91. The first-order valence-corrected chi connectivity index (χ1v) is 7.83. The van der Waals surface area contributed by atoms with E-state index in [9.17, 15) is 0 Å². The third kappa shape index (κ3) is 3.02. The van der Waals surface area contributed by atoms with Crippen molar-refractivity contribution in [3.8, 4) is 5.88 Å². The molecular weight excluding hydrogens is 264 g/mol. The molecule has 2 aromatic rings. The number of nitrogens with zero attached hydrogens (tertiary/aromatic N) is 3. The Labute approximate surface area is 125 Å². The third-order valence-corrected chi connectivity index (χ3v) is 4.31. The molecule has 0 atom stereocenters. The minimum atomic E-state index is -0.201. The highest BCUT2D eigenvalue weighted by Crippen LogP contribution is 2.28. The molecule has 114 valence electrons. The zero-order chi connectivity index (χ0) is 14.9. The normalized spacial score (nSPS) is 18.3. The van der Waals surface area contributed by atoms with Gasteiger partial charge < -0.3 is 10.5 Å². The fraction of sp³-hybridized carbons (Fsp3) is 0.625. The molecule has 1 saturated carbocycles. The molecule has 21 heavy (non-hydrogen) atoms. The summed E-state index contributed by atoms with van der Waals surface area (Å²) in [6.07, 6.45) is 9.33. The average molecular weight is 288 g/mol. The summed E-state index contributed by atoms with van der Waals surface area (Å²) in [4.78, 5) is 4.36. The van der Waals surface area contributed by atoms with Crippen LogP contribution in [0.3, 0.4) is 0 Å². The van der Waals surface area contributed by atoms with Crippen LogP contribution in [0, 0.1) is 0 Å². The molecule has 0 saturated heterocycles. The van der Waals surface area contributed by atoms with Gasteiger partial charge in [0.15, 0.2) is 0 Å². The molecule has 0 spiro atoms. The van der Waals surface area contributed by atoms with Crippen LogP contribution in [-0.2, 0) is 0 Å². The SMILES string of the molecule is CC(C)c1cc2c(OCC3(N)CCCCC3)nccn2n1. The monoisotopic (exact) mass is 288 g/mol. The Balaban J connectivity index is 1.80. The molecule has 5 heteroatoms. The van der Waals surface area contributed by atoms with Gasteiger partial charge in [0.1, 0.15) is 12.1 Å². The van der Waals surface area contributed by atoms with Gasteiger partial charge in [-0.3, -0.25) is 0 Å². The number of fused-ring (bicyclic) bond motifs is 1. The molecule has 3 rings (SSSR count). The van der Waals surface area contributed by atoms with E-state index in [1.807, 2.05) is 10.7 Å². The van der Waals surface area contributed by atoms with Crippen molar-refractivity contribution < 1.29 is 4.74 Å². The second-order valence-corrected chi connectivity index (χ2v) is 6.50. The van der Waals surface area contributed by atoms with Crippen LogP contribution in [0.4, 0.5) is 0 Å². The number of rotatable bonds is 4. The molecule has 1 aliphatic carbocycles. The third-order valence-electron chi connectivity index (χ3n) is 4.31. The number of hydrogen-bond donors (Lipinski definition) is 1. The van der Waals surface area contributed by atoms with E-state index in [0.29, 0.717) is 18.4 Å². The van der Waals surface area contributed by atoms with E-state index in [1.165, 1.54) is 19.3 Å². The van der Waals surface area contributed by atoms with Crippen LogP contribution in [-0.4, -0.2) is 26.7 Å². The van der Waals surface area contributed by atoms with E-state index in [1.54, 1.807) is 6.20 Å². The highest BCUT2D eigenvalue weighted by atomic mass is 16.5. The van der Waals surface area contributed by atoms with E-state index in [4.69, 9.17) is 10.5 Å². The highest BCUT2D eigenvalue weighted by Gasteiger charge is 2.28. The van der Waals surface area contributed by atoms with Gasteiger partial charge in [-0.15, -0.1) is 0 Å². The van der Waals surface area contributed by atoms with Gasteiger partial charge in [0.25, 0.3) is 0 Å². The molecule has 1 aliphatic rings. The Morgan fingerprint density at radius 2 is 2.10 bits per heavy atom. The molecule has 2 heterocycles. The van der Waals surface area contributed by atoms with Crippen molar-refractivity contribution in [1.82, 2.24) is 14.6 Å². The lowest BCUT2D eigenvalue weighted by Crippen LogP contribution is -2.47. The molecule has 0 aliphatic heterocycles. The summed E-state index contributed by atoms with van der Waals surface area (Å²) >= 11 is 0. The summed E-state index contributed by atoms with van der Waals surface area (Å²) in [6, 6.07) is 2.05. The Morgan fingerprint density at radius 3 is 2.81 bits per heavy atom. The van der Waals surface area contributed by atoms with Gasteiger partial charge in [-0.2, -0.15) is 5.10 Å². The second-order valence-electron chi connectivity index (χ2n) is 6.50. The lowest BCUT2D eigenvalue weighted by Gasteiger charge is -2.32. The lowest BCUT2D eigenvalue weighted by molar-refractivity contribution is 0.170. The van der Waals surface area contributed by atoms with Gasteiger partial charge in [-0.05, 0) is 24.8 Å². The number of ether oxygens (including phenoxy) is 1. The van der Waals surface area contributed by atoms with Gasteiger partial charge in [0.2, 0.25) is 5.88 Å². The molecule has 0 radical (unpaired) electrons. The lowest BCUT2D eigenvalue weighted by atomic mass is 9.83. The Bertz CT molecular complexity index is 614. The smallest absolute Gasteiger partial charge is 0.240 e. The standard InChI is InChI=1S/C16H24N4O/c1-12(2)13-10-14-15(18-8-9-20(14)19-13)21-11-16(17)6-4-3-5-7-16/h8-10,12H,3-7,11,17H2,1-2H3. The summed E-state index contributed by atoms with van der Waals surface area (Å²) in [5.74, 6) is 1.02. The number of hydrogen-bond acceptors (Lipinski definition) is 4.